The van der Waals surface area contributed by atoms with Gasteiger partial charge in [0.25, 0.3) is 0 Å². The fourth-order valence-electron chi connectivity index (χ4n) is 2.26. The third-order valence-electron chi connectivity index (χ3n) is 2.95. The minimum atomic E-state index is -0.0481. The third-order valence-corrected chi connectivity index (χ3v) is 2.95. The second-order valence-electron chi connectivity index (χ2n) is 4.90. The van der Waals surface area contributed by atoms with E-state index < -0.39 is 0 Å². The Morgan fingerprint density at radius 2 is 2.33 bits per heavy atom. The Morgan fingerprint density at radius 1 is 1.60 bits per heavy atom. The number of aryl methyl sites for hydroxylation is 1. The summed E-state index contributed by atoms with van der Waals surface area (Å²) in [5, 5.41) is 0. The van der Waals surface area contributed by atoms with Crippen LogP contribution in [0.4, 0.5) is 5.95 Å². The van der Waals surface area contributed by atoms with Gasteiger partial charge in [0.1, 0.15) is 0 Å². The zero-order valence-corrected chi connectivity index (χ0v) is 9.66. The number of nitrogens with zero attached hydrogens (tertiary/aromatic N) is 2. The molecule has 0 spiro atoms. The lowest BCUT2D eigenvalue weighted by molar-refractivity contribution is -0.0687. The predicted molar refractivity (Wildman–Crippen MR) is 59.7 cm³/mol. The second kappa shape index (κ2) is 3.52. The van der Waals surface area contributed by atoms with E-state index in [1.54, 1.807) is 0 Å². The Hall–Kier alpha value is -1.03. The van der Waals surface area contributed by atoms with Gasteiger partial charge in [-0.15, -0.1) is 0 Å². The first-order chi connectivity index (χ1) is 6.98. The Bertz CT molecular complexity index is 357. The number of hydrogen-bond donors (Lipinski definition) is 1. The summed E-state index contributed by atoms with van der Waals surface area (Å²) in [6, 6.07) is 0.426. The first-order valence-electron chi connectivity index (χ1n) is 5.43. The molecule has 2 N–H and O–H groups in total. The van der Waals surface area contributed by atoms with E-state index in [4.69, 9.17) is 10.5 Å². The van der Waals surface area contributed by atoms with Crippen LogP contribution in [0.5, 0.6) is 0 Å². The summed E-state index contributed by atoms with van der Waals surface area (Å²) in [5.41, 5.74) is 6.81. The minimum Gasteiger partial charge on any atom is -0.375 e. The number of nitrogens with two attached hydrogens (primary N) is 1. The maximum Gasteiger partial charge on any atom is 0.200 e. The highest BCUT2D eigenvalue weighted by Gasteiger charge is 2.30. The third kappa shape index (κ3) is 2.15. The normalized spacial score (nSPS) is 25.4. The zero-order chi connectivity index (χ0) is 11.1. The molecule has 2 rings (SSSR count). The van der Waals surface area contributed by atoms with Crippen LogP contribution < -0.4 is 5.73 Å². The summed E-state index contributed by atoms with van der Waals surface area (Å²) in [7, 11) is 0. The molecule has 2 heterocycles. The van der Waals surface area contributed by atoms with Crippen molar-refractivity contribution in [1.29, 1.82) is 0 Å². The van der Waals surface area contributed by atoms with Crippen molar-refractivity contribution in [1.82, 2.24) is 9.55 Å². The molecule has 1 aromatic rings. The average molecular weight is 209 g/mol. The lowest BCUT2D eigenvalue weighted by Crippen LogP contribution is -2.35. The van der Waals surface area contributed by atoms with Gasteiger partial charge in [-0.2, -0.15) is 0 Å². The van der Waals surface area contributed by atoms with Gasteiger partial charge in [-0.1, -0.05) is 0 Å². The summed E-state index contributed by atoms with van der Waals surface area (Å²) in [4.78, 5) is 4.23. The van der Waals surface area contributed by atoms with E-state index in [9.17, 15) is 0 Å². The summed E-state index contributed by atoms with van der Waals surface area (Å²) in [5.74, 6) is 0.621. The van der Waals surface area contributed by atoms with Crippen molar-refractivity contribution in [3.05, 3.63) is 11.9 Å². The van der Waals surface area contributed by atoms with Crippen LogP contribution in [0, 0.1) is 6.92 Å². The monoisotopic (exact) mass is 209 g/mol. The molecule has 4 nitrogen and oxygen atoms in total. The van der Waals surface area contributed by atoms with Crippen molar-refractivity contribution in [2.24, 2.45) is 0 Å². The minimum absolute atomic E-state index is 0.0481. The first kappa shape index (κ1) is 10.5. The van der Waals surface area contributed by atoms with Crippen LogP contribution in [0.25, 0.3) is 0 Å². The highest BCUT2D eigenvalue weighted by atomic mass is 16.5. The van der Waals surface area contributed by atoms with E-state index in [1.165, 1.54) is 0 Å². The lowest BCUT2D eigenvalue weighted by Gasteiger charge is -2.36. The molecule has 0 aliphatic carbocycles. The molecule has 1 unspecified atom stereocenters. The molecular formula is C11H19N3O. The molecule has 1 aromatic heterocycles. The fourth-order valence-corrected chi connectivity index (χ4v) is 2.26. The van der Waals surface area contributed by atoms with Crippen LogP contribution in [0.3, 0.4) is 0 Å². The van der Waals surface area contributed by atoms with Gasteiger partial charge in [0.05, 0.1) is 11.3 Å². The molecule has 0 saturated carbocycles. The van der Waals surface area contributed by atoms with Crippen molar-refractivity contribution in [2.75, 3.05) is 12.3 Å². The van der Waals surface area contributed by atoms with E-state index in [1.807, 2.05) is 13.1 Å². The Kier molecular flexibility index (Phi) is 2.46. The van der Waals surface area contributed by atoms with Crippen LogP contribution in [0.2, 0.25) is 0 Å². The zero-order valence-electron chi connectivity index (χ0n) is 9.66. The van der Waals surface area contributed by atoms with Crippen molar-refractivity contribution in [3.63, 3.8) is 0 Å². The van der Waals surface area contributed by atoms with Crippen molar-refractivity contribution >= 4 is 5.95 Å². The molecule has 0 aromatic carbocycles. The molecule has 0 amide bonds. The van der Waals surface area contributed by atoms with Gasteiger partial charge in [0.2, 0.25) is 5.95 Å². The molecule has 0 radical (unpaired) electrons. The molecule has 1 aliphatic heterocycles. The number of rotatable bonds is 1. The molecular weight excluding hydrogens is 190 g/mol. The Balaban J connectivity index is 2.20. The second-order valence-corrected chi connectivity index (χ2v) is 4.90. The number of aromatic nitrogens is 2. The fraction of sp³-hybridized carbons (Fsp3) is 0.727. The van der Waals surface area contributed by atoms with Gasteiger partial charge in [-0.3, -0.25) is 0 Å². The average Bonchev–Trinajstić information content (AvgIpc) is 2.43. The van der Waals surface area contributed by atoms with Crippen LogP contribution >= 0.6 is 0 Å². The number of nitrogen functional groups attached to an aromatic ring is 1. The maximum atomic E-state index is 5.87. The van der Waals surface area contributed by atoms with Crippen LogP contribution in [0.1, 0.15) is 38.4 Å². The molecule has 15 heavy (non-hydrogen) atoms. The largest absolute Gasteiger partial charge is 0.375 e. The topological polar surface area (TPSA) is 53.1 Å². The maximum absolute atomic E-state index is 5.87. The van der Waals surface area contributed by atoms with Crippen LogP contribution in [0.15, 0.2) is 6.20 Å². The van der Waals surface area contributed by atoms with Crippen LogP contribution in [-0.4, -0.2) is 21.8 Å². The van der Waals surface area contributed by atoms with E-state index in [0.717, 1.165) is 25.1 Å². The SMILES string of the molecule is Cc1cn(C2CCOC(C)(C)C2)c(N)n1. The van der Waals surface area contributed by atoms with E-state index in [2.05, 4.69) is 23.4 Å². The van der Waals surface area contributed by atoms with Gasteiger partial charge in [-0.05, 0) is 33.6 Å². The van der Waals surface area contributed by atoms with E-state index >= 15 is 0 Å². The van der Waals surface area contributed by atoms with Gasteiger partial charge >= 0.3 is 0 Å². The van der Waals surface area contributed by atoms with Crippen molar-refractivity contribution < 1.29 is 4.74 Å². The summed E-state index contributed by atoms with van der Waals surface area (Å²) in [6.45, 7) is 7.02. The van der Waals surface area contributed by atoms with Gasteiger partial charge in [0, 0.05) is 18.8 Å². The molecule has 1 fully saturated rings. The van der Waals surface area contributed by atoms with Crippen LogP contribution in [-0.2, 0) is 4.74 Å². The molecule has 0 bridgehead atoms. The Labute approximate surface area is 90.4 Å². The summed E-state index contributed by atoms with van der Waals surface area (Å²) < 4.78 is 7.77. The predicted octanol–water partition coefficient (Wildman–Crippen LogP) is 1.90. The molecule has 1 saturated heterocycles. The molecule has 84 valence electrons. The summed E-state index contributed by atoms with van der Waals surface area (Å²) in [6.07, 6.45) is 4.04. The van der Waals surface area contributed by atoms with Crippen molar-refractivity contribution in [3.8, 4) is 0 Å². The van der Waals surface area contributed by atoms with Gasteiger partial charge in [0.15, 0.2) is 0 Å². The molecule has 4 heteroatoms. The highest BCUT2D eigenvalue weighted by molar-refractivity contribution is 5.22. The molecule has 1 aliphatic rings. The highest BCUT2D eigenvalue weighted by Crippen LogP contribution is 2.33. The quantitative estimate of drug-likeness (QED) is 0.768. The number of imidazole rings is 1. The summed E-state index contributed by atoms with van der Waals surface area (Å²) >= 11 is 0. The van der Waals surface area contributed by atoms with Crippen molar-refractivity contribution in [2.45, 2.75) is 45.3 Å². The van der Waals surface area contributed by atoms with Gasteiger partial charge in [-0.25, -0.2) is 4.98 Å². The van der Waals surface area contributed by atoms with E-state index in [-0.39, 0.29) is 5.60 Å². The lowest BCUT2D eigenvalue weighted by atomic mass is 9.94. The Morgan fingerprint density at radius 3 is 2.87 bits per heavy atom. The standard InChI is InChI=1S/C11H19N3O/c1-8-7-14(10(12)13-8)9-4-5-15-11(2,3)6-9/h7,9H,4-6H2,1-3H3,(H2,12,13). The molecule has 1 atom stereocenters. The first-order valence-corrected chi connectivity index (χ1v) is 5.43. The van der Waals surface area contributed by atoms with E-state index in [0.29, 0.717) is 12.0 Å². The number of hydrogen-bond acceptors (Lipinski definition) is 3. The van der Waals surface area contributed by atoms with Gasteiger partial charge < -0.3 is 15.0 Å². The number of anilines is 1. The smallest absolute Gasteiger partial charge is 0.200 e. The number of ether oxygens (including phenoxy) is 1.